The molecule has 120 valence electrons. The third kappa shape index (κ3) is 5.08. The van der Waals surface area contributed by atoms with Gasteiger partial charge in [0.1, 0.15) is 0 Å². The average molecular weight is 281 g/mol. The zero-order chi connectivity index (χ0) is 15.2. The van der Waals surface area contributed by atoms with Crippen LogP contribution in [0.2, 0.25) is 0 Å². The van der Waals surface area contributed by atoms with Gasteiger partial charge >= 0.3 is 0 Å². The van der Waals surface area contributed by atoms with E-state index in [1.54, 1.807) is 0 Å². The van der Waals surface area contributed by atoms with E-state index in [2.05, 4.69) is 41.5 Å². The fourth-order valence-corrected chi connectivity index (χ4v) is 4.11. The Morgan fingerprint density at radius 2 is 0.850 bits per heavy atom. The van der Waals surface area contributed by atoms with E-state index in [0.717, 1.165) is 11.8 Å². The van der Waals surface area contributed by atoms with Crippen LogP contribution in [0, 0.1) is 22.7 Å². The topological polar surface area (TPSA) is 0 Å². The minimum atomic E-state index is 0.610. The lowest BCUT2D eigenvalue weighted by Gasteiger charge is -2.38. The third-order valence-electron chi connectivity index (χ3n) is 6.94. The van der Waals surface area contributed by atoms with Crippen LogP contribution in [0.15, 0.2) is 0 Å². The molecule has 0 aromatic heterocycles. The second-order valence-corrected chi connectivity index (χ2v) is 8.33. The van der Waals surface area contributed by atoms with E-state index in [1.165, 1.54) is 64.2 Å². The molecule has 0 saturated heterocycles. The van der Waals surface area contributed by atoms with Crippen LogP contribution in [-0.4, -0.2) is 0 Å². The zero-order valence-corrected chi connectivity index (χ0v) is 15.2. The predicted octanol–water partition coefficient (Wildman–Crippen LogP) is 7.23. The van der Waals surface area contributed by atoms with Gasteiger partial charge in [0.2, 0.25) is 0 Å². The zero-order valence-electron chi connectivity index (χ0n) is 15.2. The molecule has 0 amide bonds. The summed E-state index contributed by atoms with van der Waals surface area (Å²) in [5, 5.41) is 0. The van der Waals surface area contributed by atoms with Gasteiger partial charge in [-0.05, 0) is 35.5 Å². The molecule has 0 unspecified atom stereocenters. The highest BCUT2D eigenvalue weighted by Crippen LogP contribution is 2.44. The molecule has 0 bridgehead atoms. The van der Waals surface area contributed by atoms with Gasteiger partial charge in [-0.15, -0.1) is 0 Å². The smallest absolute Gasteiger partial charge is 0.0328 e. The first-order valence-corrected chi connectivity index (χ1v) is 9.40. The Bertz CT molecular complexity index is 221. The molecule has 1 rings (SSSR count). The Balaban J connectivity index is 2.40. The Morgan fingerprint density at radius 3 is 1.05 bits per heavy atom. The first-order chi connectivity index (χ1) is 9.40. The van der Waals surface area contributed by atoms with Crippen molar-refractivity contribution >= 4 is 0 Å². The highest BCUT2D eigenvalue weighted by atomic mass is 14.4. The van der Waals surface area contributed by atoms with Gasteiger partial charge in [-0.2, -0.15) is 0 Å². The lowest BCUT2D eigenvalue weighted by atomic mass is 9.67. The lowest BCUT2D eigenvalue weighted by molar-refractivity contribution is 0.135. The van der Waals surface area contributed by atoms with Crippen molar-refractivity contribution in [3.63, 3.8) is 0 Å². The minimum Gasteiger partial charge on any atom is -0.0649 e. The van der Waals surface area contributed by atoms with Crippen molar-refractivity contribution in [3.05, 3.63) is 0 Å². The molecule has 0 heterocycles. The summed E-state index contributed by atoms with van der Waals surface area (Å²) in [6.07, 6.45) is 14.4. The van der Waals surface area contributed by atoms with Crippen LogP contribution in [0.1, 0.15) is 106 Å². The SMILES string of the molecule is CCC(C)(CC)CC1CCC(CC(C)(CC)CC)CC1. The maximum absolute atomic E-state index is 2.50. The molecule has 1 saturated carbocycles. The van der Waals surface area contributed by atoms with Gasteiger partial charge in [0, 0.05) is 0 Å². The van der Waals surface area contributed by atoms with E-state index >= 15 is 0 Å². The van der Waals surface area contributed by atoms with Crippen molar-refractivity contribution in [2.24, 2.45) is 22.7 Å². The molecule has 0 heteroatoms. The van der Waals surface area contributed by atoms with Crippen molar-refractivity contribution in [1.82, 2.24) is 0 Å². The van der Waals surface area contributed by atoms with E-state index in [0.29, 0.717) is 10.8 Å². The summed E-state index contributed by atoms with van der Waals surface area (Å²) in [5.74, 6) is 2.04. The highest BCUT2D eigenvalue weighted by Gasteiger charge is 2.31. The standard InChI is InChI=1S/C20H40/c1-7-19(5,8-2)15-17-11-13-18(14-12-17)16-20(6,9-3)10-4/h17-18H,7-16H2,1-6H3. The van der Waals surface area contributed by atoms with Gasteiger partial charge < -0.3 is 0 Å². The summed E-state index contributed by atoms with van der Waals surface area (Å²) in [6, 6.07) is 0. The molecule has 20 heavy (non-hydrogen) atoms. The highest BCUT2D eigenvalue weighted by molar-refractivity contribution is 4.83. The van der Waals surface area contributed by atoms with Gasteiger partial charge in [-0.3, -0.25) is 0 Å². The summed E-state index contributed by atoms with van der Waals surface area (Å²) in [6.45, 7) is 14.5. The molecular formula is C20H40. The molecular weight excluding hydrogens is 240 g/mol. The molecule has 0 radical (unpaired) electrons. The van der Waals surface area contributed by atoms with Gasteiger partial charge in [0.25, 0.3) is 0 Å². The normalized spacial score (nSPS) is 24.9. The number of rotatable bonds is 8. The van der Waals surface area contributed by atoms with Crippen molar-refractivity contribution in [2.75, 3.05) is 0 Å². The van der Waals surface area contributed by atoms with Crippen LogP contribution < -0.4 is 0 Å². The second kappa shape index (κ2) is 7.85. The van der Waals surface area contributed by atoms with Gasteiger partial charge in [0.05, 0.1) is 0 Å². The summed E-state index contributed by atoms with van der Waals surface area (Å²) in [5.41, 5.74) is 1.22. The Kier molecular flexibility index (Phi) is 7.09. The average Bonchev–Trinajstić information content (AvgIpc) is 2.49. The number of hydrogen-bond acceptors (Lipinski definition) is 0. The van der Waals surface area contributed by atoms with Crippen molar-refractivity contribution in [1.29, 1.82) is 0 Å². The van der Waals surface area contributed by atoms with Crippen LogP contribution in [0.25, 0.3) is 0 Å². The van der Waals surface area contributed by atoms with E-state index < -0.39 is 0 Å². The molecule has 1 fully saturated rings. The summed E-state index contributed by atoms with van der Waals surface area (Å²) in [7, 11) is 0. The van der Waals surface area contributed by atoms with Gasteiger partial charge in [0.15, 0.2) is 0 Å². The van der Waals surface area contributed by atoms with E-state index in [-0.39, 0.29) is 0 Å². The van der Waals surface area contributed by atoms with Crippen LogP contribution in [0.5, 0.6) is 0 Å². The van der Waals surface area contributed by atoms with E-state index in [4.69, 9.17) is 0 Å². The largest absolute Gasteiger partial charge is 0.0649 e. The Labute approximate surface area is 129 Å². The van der Waals surface area contributed by atoms with Gasteiger partial charge in [-0.25, -0.2) is 0 Å². The molecule has 0 N–H and O–H groups in total. The second-order valence-electron chi connectivity index (χ2n) is 8.33. The quantitative estimate of drug-likeness (QED) is 0.440. The monoisotopic (exact) mass is 280 g/mol. The fraction of sp³-hybridized carbons (Fsp3) is 1.00. The first-order valence-electron chi connectivity index (χ1n) is 9.40. The number of hydrogen-bond donors (Lipinski definition) is 0. The first kappa shape index (κ1) is 18.1. The van der Waals surface area contributed by atoms with Crippen molar-refractivity contribution < 1.29 is 0 Å². The van der Waals surface area contributed by atoms with Crippen LogP contribution >= 0.6 is 0 Å². The molecule has 0 spiro atoms. The van der Waals surface area contributed by atoms with E-state index in [1.807, 2.05) is 0 Å². The Hall–Kier alpha value is 0. The molecule has 0 aromatic carbocycles. The molecule has 0 aliphatic heterocycles. The van der Waals surface area contributed by atoms with Crippen LogP contribution in [0.4, 0.5) is 0 Å². The lowest BCUT2D eigenvalue weighted by Crippen LogP contribution is -2.26. The van der Waals surface area contributed by atoms with Gasteiger partial charge in [-0.1, -0.05) is 92.9 Å². The summed E-state index contributed by atoms with van der Waals surface area (Å²) >= 11 is 0. The van der Waals surface area contributed by atoms with E-state index in [9.17, 15) is 0 Å². The third-order valence-corrected chi connectivity index (χ3v) is 6.94. The molecule has 1 aliphatic rings. The Morgan fingerprint density at radius 1 is 0.600 bits per heavy atom. The molecule has 0 aromatic rings. The molecule has 0 atom stereocenters. The van der Waals surface area contributed by atoms with Crippen LogP contribution in [0.3, 0.4) is 0 Å². The molecule has 1 aliphatic carbocycles. The minimum absolute atomic E-state index is 0.610. The van der Waals surface area contributed by atoms with Crippen LogP contribution in [-0.2, 0) is 0 Å². The maximum Gasteiger partial charge on any atom is -0.0328 e. The predicted molar refractivity (Wildman–Crippen MR) is 92.1 cm³/mol. The summed E-state index contributed by atoms with van der Waals surface area (Å²) < 4.78 is 0. The molecule has 0 nitrogen and oxygen atoms in total. The maximum atomic E-state index is 2.50. The summed E-state index contributed by atoms with van der Waals surface area (Å²) in [4.78, 5) is 0. The van der Waals surface area contributed by atoms with Crippen molar-refractivity contribution in [3.8, 4) is 0 Å². The van der Waals surface area contributed by atoms with Crippen molar-refractivity contribution in [2.45, 2.75) is 106 Å². The fourth-order valence-electron chi connectivity index (χ4n) is 4.11.